The summed E-state index contributed by atoms with van der Waals surface area (Å²) in [7, 11) is 0. The van der Waals surface area contributed by atoms with Gasteiger partial charge in [0, 0.05) is 0 Å². The summed E-state index contributed by atoms with van der Waals surface area (Å²) in [6, 6.07) is 0. The zero-order chi connectivity index (χ0) is 8.91. The lowest BCUT2D eigenvalue weighted by molar-refractivity contribution is -0.0403. The minimum absolute atomic E-state index is 0.493. The van der Waals surface area contributed by atoms with E-state index in [9.17, 15) is 8.78 Å². The number of halogens is 2. The number of rotatable bonds is 3. The Bertz CT molecular complexity index is 179. The maximum absolute atomic E-state index is 12.5. The van der Waals surface area contributed by atoms with Crippen molar-refractivity contribution in [1.82, 2.24) is 0 Å². The van der Waals surface area contributed by atoms with E-state index in [0.717, 1.165) is 0 Å². The number of aliphatic hydroxyl groups excluding tert-OH is 1. The van der Waals surface area contributed by atoms with Crippen molar-refractivity contribution in [2.24, 2.45) is 0 Å². The van der Waals surface area contributed by atoms with Crippen LogP contribution in [0.2, 0.25) is 0 Å². The van der Waals surface area contributed by atoms with Crippen LogP contribution in [0.5, 0.6) is 0 Å². The van der Waals surface area contributed by atoms with Crippen molar-refractivity contribution in [3.63, 3.8) is 0 Å². The first-order valence-electron chi connectivity index (χ1n) is 3.24. The summed E-state index contributed by atoms with van der Waals surface area (Å²) in [4.78, 5) is 0. The Kier molecular flexibility index (Phi) is 3.77. The molecule has 0 heterocycles. The van der Waals surface area contributed by atoms with Crippen molar-refractivity contribution in [3.8, 4) is 12.3 Å². The van der Waals surface area contributed by atoms with Gasteiger partial charge in [-0.05, 0) is 12.5 Å². The van der Waals surface area contributed by atoms with Crippen molar-refractivity contribution >= 4 is 0 Å². The maximum atomic E-state index is 12.5. The molecular formula is C8H10F2O. The Morgan fingerprint density at radius 1 is 1.73 bits per heavy atom. The van der Waals surface area contributed by atoms with E-state index in [1.54, 1.807) is 12.8 Å². The van der Waals surface area contributed by atoms with Gasteiger partial charge in [0.05, 0.1) is 0 Å². The number of alkyl halides is 2. The van der Waals surface area contributed by atoms with Crippen LogP contribution in [0, 0.1) is 12.3 Å². The van der Waals surface area contributed by atoms with Crippen LogP contribution in [0.15, 0.2) is 12.2 Å². The minimum atomic E-state index is -3.30. The van der Waals surface area contributed by atoms with Crippen LogP contribution in [-0.4, -0.2) is 17.1 Å². The van der Waals surface area contributed by atoms with Crippen molar-refractivity contribution in [3.05, 3.63) is 12.2 Å². The van der Waals surface area contributed by atoms with Gasteiger partial charge in [-0.1, -0.05) is 18.9 Å². The van der Waals surface area contributed by atoms with E-state index < -0.39 is 12.0 Å². The first-order chi connectivity index (χ1) is 5.04. The molecule has 0 radical (unpaired) electrons. The third-order valence-corrected chi connectivity index (χ3v) is 1.10. The number of allylic oxidation sites excluding steroid dienone is 1. The minimum Gasteiger partial charge on any atom is -0.374 e. The summed E-state index contributed by atoms with van der Waals surface area (Å²) < 4.78 is 25.1. The second-order valence-electron chi connectivity index (χ2n) is 2.05. The van der Waals surface area contributed by atoms with Gasteiger partial charge in [-0.25, -0.2) is 0 Å². The fourth-order valence-electron chi connectivity index (χ4n) is 0.477. The van der Waals surface area contributed by atoms with E-state index in [4.69, 9.17) is 5.11 Å². The molecule has 0 aliphatic rings. The summed E-state index contributed by atoms with van der Waals surface area (Å²) in [6.45, 7) is 1.72. The van der Waals surface area contributed by atoms with Gasteiger partial charge in [-0.15, -0.1) is 6.42 Å². The summed E-state index contributed by atoms with van der Waals surface area (Å²) >= 11 is 0. The molecule has 1 nitrogen and oxygen atoms in total. The molecule has 1 unspecified atom stereocenters. The quantitative estimate of drug-likeness (QED) is 0.491. The summed E-state index contributed by atoms with van der Waals surface area (Å²) in [5, 5.41) is 8.57. The zero-order valence-electron chi connectivity index (χ0n) is 6.22. The molecule has 1 N–H and O–H groups in total. The first kappa shape index (κ1) is 10.1. The highest BCUT2D eigenvalue weighted by Gasteiger charge is 2.33. The number of terminal acetylenes is 1. The second-order valence-corrected chi connectivity index (χ2v) is 2.05. The molecule has 0 saturated heterocycles. The average Bonchev–Trinajstić information content (AvgIpc) is 1.99. The summed E-state index contributed by atoms with van der Waals surface area (Å²) in [5.41, 5.74) is 0. The van der Waals surface area contributed by atoms with Crippen molar-refractivity contribution < 1.29 is 13.9 Å². The molecular weight excluding hydrogens is 150 g/mol. The molecule has 62 valence electrons. The second kappa shape index (κ2) is 4.09. The van der Waals surface area contributed by atoms with Gasteiger partial charge in [-0.3, -0.25) is 0 Å². The van der Waals surface area contributed by atoms with Crippen molar-refractivity contribution in [2.75, 3.05) is 0 Å². The van der Waals surface area contributed by atoms with Gasteiger partial charge >= 0.3 is 5.92 Å². The molecule has 0 rings (SSSR count). The fraction of sp³-hybridized carbons (Fsp3) is 0.500. The predicted octanol–water partition coefficient (Wildman–Crippen LogP) is 1.58. The predicted molar refractivity (Wildman–Crippen MR) is 39.2 cm³/mol. The van der Waals surface area contributed by atoms with Crippen LogP contribution in [0.4, 0.5) is 8.78 Å². The molecule has 0 saturated carbocycles. The molecule has 0 aliphatic heterocycles. The molecule has 1 atom stereocenters. The topological polar surface area (TPSA) is 20.2 Å². The number of hydrogen-bond acceptors (Lipinski definition) is 1. The van der Waals surface area contributed by atoms with Gasteiger partial charge < -0.3 is 5.11 Å². The fourth-order valence-corrected chi connectivity index (χ4v) is 0.477. The van der Waals surface area contributed by atoms with Crippen LogP contribution in [0.1, 0.15) is 13.3 Å². The third kappa shape index (κ3) is 3.15. The Balaban J connectivity index is 4.23. The lowest BCUT2D eigenvalue weighted by atomic mass is 10.2. The molecule has 0 aromatic heterocycles. The number of hydrogen-bond donors (Lipinski definition) is 1. The molecule has 0 spiro atoms. The van der Waals surface area contributed by atoms with E-state index >= 15 is 0 Å². The highest BCUT2D eigenvalue weighted by Crippen LogP contribution is 2.19. The van der Waals surface area contributed by atoms with E-state index in [1.807, 2.05) is 0 Å². The van der Waals surface area contributed by atoms with Gasteiger partial charge in [0.2, 0.25) is 0 Å². The van der Waals surface area contributed by atoms with Gasteiger partial charge in [0.25, 0.3) is 0 Å². The monoisotopic (exact) mass is 160 g/mol. The third-order valence-electron chi connectivity index (χ3n) is 1.10. The van der Waals surface area contributed by atoms with Crippen LogP contribution < -0.4 is 0 Å². The molecule has 0 amide bonds. The van der Waals surface area contributed by atoms with Crippen molar-refractivity contribution in [1.29, 1.82) is 0 Å². The zero-order valence-corrected chi connectivity index (χ0v) is 6.22. The molecule has 0 aliphatic carbocycles. The van der Waals surface area contributed by atoms with Gasteiger partial charge in [0.1, 0.15) is 0 Å². The molecule has 0 aromatic rings. The smallest absolute Gasteiger partial charge is 0.302 e. The highest BCUT2D eigenvalue weighted by molar-refractivity contribution is 5.09. The van der Waals surface area contributed by atoms with Crippen LogP contribution in [0.3, 0.4) is 0 Å². The number of aliphatic hydroxyl groups is 1. The van der Waals surface area contributed by atoms with Gasteiger partial charge in [-0.2, -0.15) is 8.78 Å². The van der Waals surface area contributed by atoms with E-state index in [2.05, 4.69) is 6.42 Å². The Labute approximate surface area is 64.7 Å². The van der Waals surface area contributed by atoms with Gasteiger partial charge in [0.15, 0.2) is 6.10 Å². The maximum Gasteiger partial charge on any atom is 0.302 e. The standard InChI is InChI=1S/C8H10F2O/c1-3-5-6-8(9,10)7(11)4-2/h2,5-7,11H,3H2,1H3/b6-5+. The largest absolute Gasteiger partial charge is 0.374 e. The van der Waals surface area contributed by atoms with Crippen LogP contribution >= 0.6 is 0 Å². The van der Waals surface area contributed by atoms with Crippen molar-refractivity contribution in [2.45, 2.75) is 25.4 Å². The average molecular weight is 160 g/mol. The summed E-state index contributed by atoms with van der Waals surface area (Å²) in [5.74, 6) is -1.73. The van der Waals surface area contributed by atoms with E-state index in [1.165, 1.54) is 6.08 Å². The van der Waals surface area contributed by atoms with E-state index in [0.29, 0.717) is 12.5 Å². The molecule has 3 heteroatoms. The first-order valence-corrected chi connectivity index (χ1v) is 3.24. The van der Waals surface area contributed by atoms with E-state index in [-0.39, 0.29) is 0 Å². The molecule has 0 bridgehead atoms. The Morgan fingerprint density at radius 2 is 2.27 bits per heavy atom. The Hall–Kier alpha value is -0.880. The summed E-state index contributed by atoms with van der Waals surface area (Å²) in [6.07, 6.45) is 4.97. The molecule has 0 fully saturated rings. The molecule has 11 heavy (non-hydrogen) atoms. The SMILES string of the molecule is C#CC(O)C(F)(F)/C=C/CC. The lowest BCUT2D eigenvalue weighted by Crippen LogP contribution is -2.29. The lowest BCUT2D eigenvalue weighted by Gasteiger charge is -2.13. The van der Waals surface area contributed by atoms with Crippen LogP contribution in [-0.2, 0) is 0 Å². The highest BCUT2D eigenvalue weighted by atomic mass is 19.3. The Morgan fingerprint density at radius 3 is 2.64 bits per heavy atom. The normalized spacial score (nSPS) is 14.8. The van der Waals surface area contributed by atoms with Crippen LogP contribution in [0.25, 0.3) is 0 Å². The molecule has 0 aromatic carbocycles.